The number of morpholine rings is 1. The molecule has 2 aromatic carbocycles. The SMILES string of the molecule is COc1cc(CCC(=O)Nc2ccc(N3CCOCC3)c(F)c2)ccc1OCC(F)(F)F. The molecule has 1 N–H and O–H groups in total. The van der Waals surface area contributed by atoms with Gasteiger partial charge in [0.15, 0.2) is 18.1 Å². The van der Waals surface area contributed by atoms with Crippen molar-refractivity contribution in [1.29, 1.82) is 0 Å². The summed E-state index contributed by atoms with van der Waals surface area (Å²) in [5.41, 5.74) is 1.49. The number of rotatable bonds is 8. The van der Waals surface area contributed by atoms with Crippen LogP contribution in [0.3, 0.4) is 0 Å². The van der Waals surface area contributed by atoms with Crippen LogP contribution in [0.2, 0.25) is 0 Å². The van der Waals surface area contributed by atoms with Crippen molar-refractivity contribution < 1.29 is 36.6 Å². The first-order valence-corrected chi connectivity index (χ1v) is 10.0. The van der Waals surface area contributed by atoms with Gasteiger partial charge in [0.1, 0.15) is 5.82 Å². The summed E-state index contributed by atoms with van der Waals surface area (Å²) in [6, 6.07) is 9.01. The third-order valence-corrected chi connectivity index (χ3v) is 4.84. The zero-order valence-corrected chi connectivity index (χ0v) is 17.5. The van der Waals surface area contributed by atoms with E-state index in [4.69, 9.17) is 14.2 Å². The molecule has 0 radical (unpaired) electrons. The predicted molar refractivity (Wildman–Crippen MR) is 111 cm³/mol. The highest BCUT2D eigenvalue weighted by molar-refractivity contribution is 5.91. The Kier molecular flexibility index (Phi) is 7.79. The van der Waals surface area contributed by atoms with Gasteiger partial charge in [-0.1, -0.05) is 6.07 Å². The number of methoxy groups -OCH3 is 1. The smallest absolute Gasteiger partial charge is 0.422 e. The molecule has 0 saturated carbocycles. The van der Waals surface area contributed by atoms with E-state index in [1.807, 2.05) is 4.90 Å². The van der Waals surface area contributed by atoms with Crippen LogP contribution in [0.4, 0.5) is 28.9 Å². The molecule has 0 bridgehead atoms. The van der Waals surface area contributed by atoms with Gasteiger partial charge in [0.2, 0.25) is 5.91 Å². The number of aryl methyl sites for hydroxylation is 1. The second-order valence-electron chi connectivity index (χ2n) is 7.20. The number of hydrogen-bond acceptors (Lipinski definition) is 5. The molecule has 1 heterocycles. The average molecular weight is 456 g/mol. The van der Waals surface area contributed by atoms with Crippen molar-refractivity contribution in [3.8, 4) is 11.5 Å². The van der Waals surface area contributed by atoms with Gasteiger partial charge in [-0.2, -0.15) is 13.2 Å². The van der Waals surface area contributed by atoms with Crippen molar-refractivity contribution >= 4 is 17.3 Å². The van der Waals surface area contributed by atoms with Gasteiger partial charge < -0.3 is 24.4 Å². The summed E-state index contributed by atoms with van der Waals surface area (Å²) in [7, 11) is 1.32. The van der Waals surface area contributed by atoms with E-state index in [-0.39, 0.29) is 23.8 Å². The van der Waals surface area contributed by atoms with Gasteiger partial charge in [-0.05, 0) is 42.3 Å². The molecule has 1 amide bonds. The predicted octanol–water partition coefficient (Wildman–Crippen LogP) is 4.18. The molecule has 0 aromatic heterocycles. The maximum absolute atomic E-state index is 14.5. The minimum atomic E-state index is -4.46. The molecule has 1 saturated heterocycles. The van der Waals surface area contributed by atoms with Crippen LogP contribution in [0.5, 0.6) is 11.5 Å². The molecule has 0 spiro atoms. The molecule has 0 atom stereocenters. The molecule has 1 fully saturated rings. The fourth-order valence-corrected chi connectivity index (χ4v) is 3.27. The number of carbonyl (C=O) groups excluding carboxylic acids is 1. The normalized spacial score (nSPS) is 14.2. The number of benzene rings is 2. The lowest BCUT2D eigenvalue weighted by Gasteiger charge is -2.29. The van der Waals surface area contributed by atoms with Crippen LogP contribution in [0.1, 0.15) is 12.0 Å². The van der Waals surface area contributed by atoms with Gasteiger partial charge in [0.25, 0.3) is 0 Å². The number of nitrogens with one attached hydrogen (secondary N) is 1. The number of hydrogen-bond donors (Lipinski definition) is 1. The summed E-state index contributed by atoms with van der Waals surface area (Å²) in [5.74, 6) is -0.634. The van der Waals surface area contributed by atoms with Gasteiger partial charge in [-0.15, -0.1) is 0 Å². The number of ether oxygens (including phenoxy) is 3. The number of alkyl halides is 3. The van der Waals surface area contributed by atoms with E-state index in [1.165, 1.54) is 25.3 Å². The Bertz CT molecular complexity index is 931. The second-order valence-corrected chi connectivity index (χ2v) is 7.20. The largest absolute Gasteiger partial charge is 0.493 e. The van der Waals surface area contributed by atoms with Crippen molar-refractivity contribution in [3.63, 3.8) is 0 Å². The first-order chi connectivity index (χ1) is 15.2. The Morgan fingerprint density at radius 1 is 1.12 bits per heavy atom. The summed E-state index contributed by atoms with van der Waals surface area (Å²) in [4.78, 5) is 14.2. The highest BCUT2D eigenvalue weighted by Crippen LogP contribution is 2.30. The average Bonchev–Trinajstić information content (AvgIpc) is 2.76. The molecule has 32 heavy (non-hydrogen) atoms. The number of amides is 1. The lowest BCUT2D eigenvalue weighted by Crippen LogP contribution is -2.36. The molecule has 3 rings (SSSR count). The van der Waals surface area contributed by atoms with E-state index in [9.17, 15) is 22.4 Å². The third-order valence-electron chi connectivity index (χ3n) is 4.84. The van der Waals surface area contributed by atoms with E-state index < -0.39 is 18.6 Å². The lowest BCUT2D eigenvalue weighted by molar-refractivity contribution is -0.153. The highest BCUT2D eigenvalue weighted by atomic mass is 19.4. The van der Waals surface area contributed by atoms with Gasteiger partial charge in [0.05, 0.1) is 26.0 Å². The number of carbonyl (C=O) groups is 1. The molecule has 10 heteroatoms. The fourth-order valence-electron chi connectivity index (χ4n) is 3.27. The monoisotopic (exact) mass is 456 g/mol. The number of nitrogens with zero attached hydrogens (tertiary/aromatic N) is 1. The first-order valence-electron chi connectivity index (χ1n) is 10.0. The van der Waals surface area contributed by atoms with Gasteiger partial charge in [-0.25, -0.2) is 4.39 Å². The summed E-state index contributed by atoms with van der Waals surface area (Å²) in [6.07, 6.45) is -4.05. The van der Waals surface area contributed by atoms with Crippen LogP contribution < -0.4 is 19.7 Å². The second kappa shape index (κ2) is 10.5. The highest BCUT2D eigenvalue weighted by Gasteiger charge is 2.29. The van der Waals surface area contributed by atoms with Crippen LogP contribution in [0, 0.1) is 5.82 Å². The molecular formula is C22H24F4N2O4. The Hall–Kier alpha value is -3.01. The molecule has 1 aliphatic heterocycles. The topological polar surface area (TPSA) is 60.0 Å². The minimum Gasteiger partial charge on any atom is -0.493 e. The Labute approximate surface area is 183 Å². The van der Waals surface area contributed by atoms with Gasteiger partial charge in [0, 0.05) is 25.2 Å². The van der Waals surface area contributed by atoms with Crippen molar-refractivity contribution in [2.45, 2.75) is 19.0 Å². The zero-order chi connectivity index (χ0) is 23.1. The molecule has 174 valence electrons. The van der Waals surface area contributed by atoms with Crippen LogP contribution in [0.15, 0.2) is 36.4 Å². The molecular weight excluding hydrogens is 432 g/mol. The number of halogens is 4. The van der Waals surface area contributed by atoms with E-state index in [2.05, 4.69) is 5.32 Å². The summed E-state index contributed by atoms with van der Waals surface area (Å²) < 4.78 is 66.6. The standard InChI is InChI=1S/C22H24F4N2O4/c1-30-20-12-15(2-6-19(20)32-14-22(24,25)26)3-7-21(29)27-16-4-5-18(17(23)13-16)28-8-10-31-11-9-28/h2,4-6,12-13H,3,7-11,14H2,1H3,(H,27,29). The number of anilines is 2. The quantitative estimate of drug-likeness (QED) is 0.604. The van der Waals surface area contributed by atoms with E-state index in [0.29, 0.717) is 49.7 Å². The summed E-state index contributed by atoms with van der Waals surface area (Å²) in [5, 5.41) is 2.66. The maximum atomic E-state index is 14.5. The Balaban J connectivity index is 1.54. The molecule has 2 aromatic rings. The summed E-state index contributed by atoms with van der Waals surface area (Å²) >= 11 is 0. The van der Waals surface area contributed by atoms with Crippen molar-refractivity contribution in [3.05, 3.63) is 47.8 Å². The molecule has 0 unspecified atom stereocenters. The van der Waals surface area contributed by atoms with Crippen molar-refractivity contribution in [2.24, 2.45) is 0 Å². The maximum Gasteiger partial charge on any atom is 0.422 e. The Morgan fingerprint density at radius 2 is 1.88 bits per heavy atom. The van der Waals surface area contributed by atoms with E-state index in [0.717, 1.165) is 0 Å². The van der Waals surface area contributed by atoms with Crippen molar-refractivity contribution in [2.75, 3.05) is 50.2 Å². The lowest BCUT2D eigenvalue weighted by atomic mass is 10.1. The summed E-state index contributed by atoms with van der Waals surface area (Å²) in [6.45, 7) is 0.862. The van der Waals surface area contributed by atoms with Crippen LogP contribution in [0.25, 0.3) is 0 Å². The van der Waals surface area contributed by atoms with Gasteiger partial charge >= 0.3 is 6.18 Å². The molecule has 1 aliphatic rings. The third kappa shape index (κ3) is 6.74. The molecule has 0 aliphatic carbocycles. The van der Waals surface area contributed by atoms with E-state index in [1.54, 1.807) is 18.2 Å². The zero-order valence-electron chi connectivity index (χ0n) is 17.5. The van der Waals surface area contributed by atoms with Crippen LogP contribution in [-0.4, -0.2) is 52.1 Å². The first kappa shape index (κ1) is 23.6. The minimum absolute atomic E-state index is 0.0335. The molecule has 6 nitrogen and oxygen atoms in total. The van der Waals surface area contributed by atoms with Crippen LogP contribution >= 0.6 is 0 Å². The van der Waals surface area contributed by atoms with Crippen LogP contribution in [-0.2, 0) is 16.0 Å². The fraction of sp³-hybridized carbons (Fsp3) is 0.409. The Morgan fingerprint density at radius 3 is 2.53 bits per heavy atom. The van der Waals surface area contributed by atoms with E-state index >= 15 is 0 Å². The van der Waals surface area contributed by atoms with Gasteiger partial charge in [-0.3, -0.25) is 4.79 Å². The van der Waals surface area contributed by atoms with Crippen molar-refractivity contribution in [1.82, 2.24) is 0 Å².